The average molecular weight is 536 g/mol. The van der Waals surface area contributed by atoms with Gasteiger partial charge in [-0.15, -0.1) is 5.10 Å². The maximum atomic E-state index is 13.2. The molecule has 13 heteroatoms. The molecule has 1 aliphatic rings. The van der Waals surface area contributed by atoms with Crippen molar-refractivity contribution in [3.05, 3.63) is 65.9 Å². The van der Waals surface area contributed by atoms with Crippen LogP contribution in [-0.2, 0) is 32.3 Å². The molecule has 4 rings (SSSR count). The summed E-state index contributed by atoms with van der Waals surface area (Å²) in [6, 6.07) is 10.8. The van der Waals surface area contributed by atoms with Gasteiger partial charge >= 0.3 is 6.09 Å². The summed E-state index contributed by atoms with van der Waals surface area (Å²) in [6.07, 6.45) is 0.758. The van der Waals surface area contributed by atoms with E-state index in [1.54, 1.807) is 36.5 Å². The molecule has 39 heavy (non-hydrogen) atoms. The van der Waals surface area contributed by atoms with E-state index in [1.165, 1.54) is 25.8 Å². The van der Waals surface area contributed by atoms with E-state index in [1.807, 2.05) is 18.2 Å². The second kappa shape index (κ2) is 12.1. The van der Waals surface area contributed by atoms with Crippen LogP contribution in [0.1, 0.15) is 24.1 Å². The number of hydrogen-bond donors (Lipinski definition) is 4. The quantitative estimate of drug-likeness (QED) is 0.370. The number of fused-ring (bicyclic) bond motifs is 5. The van der Waals surface area contributed by atoms with Gasteiger partial charge in [-0.2, -0.15) is 0 Å². The molecular weight excluding hydrogens is 506 g/mol. The van der Waals surface area contributed by atoms with Crippen molar-refractivity contribution in [3.63, 3.8) is 0 Å². The van der Waals surface area contributed by atoms with Crippen LogP contribution in [0.5, 0.6) is 5.75 Å². The van der Waals surface area contributed by atoms with Crippen molar-refractivity contribution >= 4 is 23.8 Å². The zero-order chi connectivity index (χ0) is 27.9. The molecule has 2 heterocycles. The number of carbonyl (C=O) groups excluding carboxylic acids is 4. The second-order valence-corrected chi connectivity index (χ2v) is 8.83. The molecule has 4 N–H and O–H groups in total. The fourth-order valence-electron chi connectivity index (χ4n) is 4.00. The number of rotatable bonds is 5. The normalized spacial score (nSPS) is 19.1. The minimum atomic E-state index is -1.16. The molecule has 0 saturated carbocycles. The van der Waals surface area contributed by atoms with E-state index < -0.39 is 41.9 Å². The number of likely N-dealkylation sites (N-methyl/N-ethyl adjacent to an activating group) is 1. The number of nitrogens with zero attached hydrogens (tertiary/aromatic N) is 3. The van der Waals surface area contributed by atoms with Crippen molar-refractivity contribution in [1.29, 1.82) is 0 Å². The zero-order valence-electron chi connectivity index (χ0n) is 21.6. The van der Waals surface area contributed by atoms with Gasteiger partial charge < -0.3 is 30.7 Å². The van der Waals surface area contributed by atoms with Crippen molar-refractivity contribution < 1.29 is 28.7 Å². The Balaban J connectivity index is 1.65. The van der Waals surface area contributed by atoms with E-state index in [9.17, 15) is 19.2 Å². The Labute approximate surface area is 224 Å². The predicted octanol–water partition coefficient (Wildman–Crippen LogP) is 0.670. The highest BCUT2D eigenvalue weighted by Gasteiger charge is 2.30. The van der Waals surface area contributed by atoms with Crippen molar-refractivity contribution in [3.8, 4) is 17.0 Å². The number of nitrogens with one attached hydrogen (secondary N) is 4. The van der Waals surface area contributed by atoms with Crippen LogP contribution in [0.4, 0.5) is 4.79 Å². The average Bonchev–Trinajstić information content (AvgIpc) is 3.42. The fourth-order valence-corrected chi connectivity index (χ4v) is 4.00. The Morgan fingerprint density at radius 3 is 2.59 bits per heavy atom. The summed E-state index contributed by atoms with van der Waals surface area (Å²) < 4.78 is 12.1. The molecular formula is C26H29N7O6. The van der Waals surface area contributed by atoms with Gasteiger partial charge in [0.25, 0.3) is 0 Å². The van der Waals surface area contributed by atoms with E-state index in [0.29, 0.717) is 22.6 Å². The lowest BCUT2D eigenvalue weighted by atomic mass is 10.0. The Morgan fingerprint density at radius 1 is 1.10 bits per heavy atom. The van der Waals surface area contributed by atoms with E-state index in [4.69, 9.17) is 9.47 Å². The molecule has 3 aromatic rings. The molecule has 204 valence electrons. The zero-order valence-corrected chi connectivity index (χ0v) is 21.6. The number of methoxy groups -OCH3 is 1. The largest absolute Gasteiger partial charge is 0.496 e. The number of alkyl carbamates (subject to hydrolysis) is 1. The highest BCUT2D eigenvalue weighted by atomic mass is 16.5. The maximum absolute atomic E-state index is 13.2. The van der Waals surface area contributed by atoms with Crippen LogP contribution in [0, 0.1) is 0 Å². The first kappa shape index (κ1) is 27.1. The number of hydrogen-bond acceptors (Lipinski definition) is 8. The molecule has 4 amide bonds. The molecule has 2 aromatic carbocycles. The molecule has 1 aliphatic heterocycles. The summed E-state index contributed by atoms with van der Waals surface area (Å²) in [4.78, 5) is 51.5. The van der Waals surface area contributed by atoms with Crippen molar-refractivity contribution in [2.45, 2.75) is 38.2 Å². The standard InChI is InChI=1S/C26H29N7O6/c1-15-23(34)30-22(25(36)27-2)17-9-10-21(38-3)18(11-17)19-12-33(32-31-19)13-20(24(35)28-15)29-26(37)39-14-16-7-5-4-6-8-16/h4-12,15,20,22H,13-14H2,1-3H3,(H,27,36)(H,28,35)(H,29,37)(H,30,34)/t15-,20+,22+/m1/s1. The van der Waals surface area contributed by atoms with Crippen LogP contribution in [-0.4, -0.2) is 65.0 Å². The van der Waals surface area contributed by atoms with Gasteiger partial charge in [0.15, 0.2) is 0 Å². The summed E-state index contributed by atoms with van der Waals surface area (Å²) >= 11 is 0. The lowest BCUT2D eigenvalue weighted by molar-refractivity contribution is -0.132. The minimum absolute atomic E-state index is 0.00428. The van der Waals surface area contributed by atoms with E-state index in [-0.39, 0.29) is 13.2 Å². The third-order valence-electron chi connectivity index (χ3n) is 6.11. The van der Waals surface area contributed by atoms with Crippen LogP contribution in [0.2, 0.25) is 0 Å². The summed E-state index contributed by atoms with van der Waals surface area (Å²) in [5.74, 6) is -1.26. The van der Waals surface area contributed by atoms with Crippen LogP contribution in [0.15, 0.2) is 54.7 Å². The van der Waals surface area contributed by atoms with Crippen LogP contribution < -0.4 is 26.0 Å². The van der Waals surface area contributed by atoms with Crippen molar-refractivity contribution in [1.82, 2.24) is 36.3 Å². The number of ether oxygens (including phenoxy) is 2. The SMILES string of the molecule is CNC(=O)[C@H]1NC(=O)[C@@H](C)NC(=O)[C@@H](NC(=O)OCc2ccccc2)Cn2cc(nn2)-c2cc1ccc2OC. The molecule has 1 aromatic heterocycles. The van der Waals surface area contributed by atoms with Gasteiger partial charge in [-0.3, -0.25) is 14.4 Å². The summed E-state index contributed by atoms with van der Waals surface area (Å²) in [7, 11) is 2.94. The molecule has 0 fully saturated rings. The Kier molecular flexibility index (Phi) is 8.39. The van der Waals surface area contributed by atoms with E-state index >= 15 is 0 Å². The maximum Gasteiger partial charge on any atom is 0.408 e. The van der Waals surface area contributed by atoms with Crippen LogP contribution in [0.25, 0.3) is 11.3 Å². The molecule has 0 unspecified atom stereocenters. The molecule has 0 radical (unpaired) electrons. The van der Waals surface area contributed by atoms with Gasteiger partial charge in [-0.1, -0.05) is 41.6 Å². The molecule has 4 bridgehead atoms. The third kappa shape index (κ3) is 6.50. The van der Waals surface area contributed by atoms with Gasteiger partial charge in [0, 0.05) is 12.6 Å². The lowest BCUT2D eigenvalue weighted by Crippen LogP contribution is -2.55. The monoisotopic (exact) mass is 535 g/mol. The molecule has 0 aliphatic carbocycles. The molecule has 3 atom stereocenters. The van der Waals surface area contributed by atoms with Gasteiger partial charge in [-0.25, -0.2) is 9.48 Å². The van der Waals surface area contributed by atoms with Crippen molar-refractivity contribution in [2.75, 3.05) is 14.2 Å². The fraction of sp³-hybridized carbons (Fsp3) is 0.308. The third-order valence-corrected chi connectivity index (χ3v) is 6.11. The summed E-state index contributed by atoms with van der Waals surface area (Å²) in [5, 5.41) is 18.6. The first-order valence-corrected chi connectivity index (χ1v) is 12.2. The summed E-state index contributed by atoms with van der Waals surface area (Å²) in [6.45, 7) is 1.37. The van der Waals surface area contributed by atoms with Crippen LogP contribution in [0.3, 0.4) is 0 Å². The number of amides is 4. The number of carbonyl (C=O) groups is 4. The van der Waals surface area contributed by atoms with Crippen LogP contribution >= 0.6 is 0 Å². The molecule has 13 nitrogen and oxygen atoms in total. The first-order chi connectivity index (χ1) is 18.8. The van der Waals surface area contributed by atoms with Crippen molar-refractivity contribution in [2.24, 2.45) is 0 Å². The highest BCUT2D eigenvalue weighted by Crippen LogP contribution is 2.31. The topological polar surface area (TPSA) is 166 Å². The minimum Gasteiger partial charge on any atom is -0.496 e. The van der Waals surface area contributed by atoms with Gasteiger partial charge in [-0.05, 0) is 30.2 Å². The summed E-state index contributed by atoms with van der Waals surface area (Å²) in [5.41, 5.74) is 2.16. The van der Waals surface area contributed by atoms with E-state index in [0.717, 1.165) is 5.56 Å². The number of benzene rings is 2. The Hall–Kier alpha value is -4.94. The second-order valence-electron chi connectivity index (χ2n) is 8.83. The number of aromatic nitrogens is 3. The molecule has 0 saturated heterocycles. The predicted molar refractivity (Wildman–Crippen MR) is 138 cm³/mol. The lowest BCUT2D eigenvalue weighted by Gasteiger charge is -2.24. The van der Waals surface area contributed by atoms with Gasteiger partial charge in [0.2, 0.25) is 17.7 Å². The Bertz CT molecular complexity index is 1360. The van der Waals surface area contributed by atoms with Gasteiger partial charge in [0.1, 0.15) is 36.2 Å². The highest BCUT2D eigenvalue weighted by molar-refractivity contribution is 5.94. The molecule has 0 spiro atoms. The Morgan fingerprint density at radius 2 is 1.87 bits per heavy atom. The smallest absolute Gasteiger partial charge is 0.408 e. The van der Waals surface area contributed by atoms with E-state index in [2.05, 4.69) is 31.6 Å². The first-order valence-electron chi connectivity index (χ1n) is 12.2. The van der Waals surface area contributed by atoms with Gasteiger partial charge in [0.05, 0.1) is 19.9 Å².